The highest BCUT2D eigenvalue weighted by atomic mass is 35.5. The summed E-state index contributed by atoms with van der Waals surface area (Å²) in [6, 6.07) is 16.8. The monoisotopic (exact) mass is 532 g/mol. The second-order valence-corrected chi connectivity index (χ2v) is 10.6. The molecule has 0 fully saturated rings. The highest BCUT2D eigenvalue weighted by molar-refractivity contribution is 5.96. The number of rotatable bonds is 20. The van der Waals surface area contributed by atoms with Crippen molar-refractivity contribution in [3.05, 3.63) is 65.7 Å². The van der Waals surface area contributed by atoms with Gasteiger partial charge in [-0.2, -0.15) is 0 Å². The number of para-hydroxylation sites is 1. The largest absolute Gasteiger partial charge is 0.872 e. The van der Waals surface area contributed by atoms with Gasteiger partial charge in [-0.05, 0) is 39.3 Å². The maximum Gasteiger partial charge on any atom is 0.216 e. The zero-order valence-electron chi connectivity index (χ0n) is 23.1. The maximum atomic E-state index is 12.6. The van der Waals surface area contributed by atoms with Crippen LogP contribution in [0.4, 0.5) is 0 Å². The number of aliphatic hydroxyl groups is 1. The van der Waals surface area contributed by atoms with Crippen LogP contribution in [0.25, 0.3) is 0 Å². The Morgan fingerprint density at radius 2 is 1.38 bits per heavy atom. The molecule has 0 aliphatic carbocycles. The number of Topliss-reactive ketones (excluding diaryl/α,β-unsaturated/α-hetero) is 1. The van der Waals surface area contributed by atoms with E-state index in [1.54, 1.807) is 12.1 Å². The van der Waals surface area contributed by atoms with Crippen molar-refractivity contribution >= 4 is 18.2 Å². The average molecular weight is 533 g/mol. The van der Waals surface area contributed by atoms with Crippen LogP contribution in [0.1, 0.15) is 73.7 Å². The van der Waals surface area contributed by atoms with E-state index in [2.05, 4.69) is 19.0 Å². The number of hydrogen-bond donors (Lipinski definition) is 1. The first-order chi connectivity index (χ1) is 17.4. The first-order valence-corrected chi connectivity index (χ1v) is 13.9. The molecule has 0 heterocycles. The maximum absolute atomic E-state index is 12.6. The highest BCUT2D eigenvalue weighted by Gasteiger charge is 2.25. The number of unbranched alkanes of at least 4 members (excludes halogenated alkanes) is 8. The van der Waals surface area contributed by atoms with Gasteiger partial charge in [-0.3, -0.25) is 4.79 Å². The summed E-state index contributed by atoms with van der Waals surface area (Å²) in [5.41, 5.74) is 1.68. The fraction of sp³-hybridized carbons (Fsp3) is 0.581. The molecule has 0 saturated carbocycles. The number of likely N-dealkylation sites (N-methyl/N-ethyl adjacent to an activating group) is 2. The number of aliphatic hydroxyl groups excluding tert-OH is 1. The third kappa shape index (κ3) is 14.0. The molecule has 0 amide bonds. The lowest BCUT2D eigenvalue weighted by Crippen LogP contribution is -2.50. The molecule has 2 aromatic carbocycles. The molecule has 0 aliphatic rings. The van der Waals surface area contributed by atoms with Gasteiger partial charge in [0.15, 0.2) is 0 Å². The van der Waals surface area contributed by atoms with Gasteiger partial charge in [0.2, 0.25) is 5.78 Å². The van der Waals surface area contributed by atoms with Crippen LogP contribution in [-0.2, 0) is 6.42 Å². The lowest BCUT2D eigenvalue weighted by Gasteiger charge is -2.33. The molecule has 2 rings (SSSR count). The van der Waals surface area contributed by atoms with Crippen LogP contribution in [0, 0.1) is 0 Å². The van der Waals surface area contributed by atoms with Gasteiger partial charge in [-0.1, -0.05) is 98.7 Å². The van der Waals surface area contributed by atoms with Gasteiger partial charge >= 0.3 is 0 Å². The first-order valence-electron chi connectivity index (χ1n) is 13.9. The fourth-order valence-electron chi connectivity index (χ4n) is 4.82. The summed E-state index contributed by atoms with van der Waals surface area (Å²) in [5.74, 6) is 0.313. The number of carbonyl (C=O) groups excluding carboxylic acids is 1. The Bertz CT molecular complexity index is 865. The van der Waals surface area contributed by atoms with Crippen LogP contribution in [0.2, 0.25) is 0 Å². The van der Waals surface area contributed by atoms with Crippen molar-refractivity contribution < 1.29 is 19.5 Å². The Balaban J connectivity index is 0.00000684. The summed E-state index contributed by atoms with van der Waals surface area (Å²) in [5, 5.41) is 21.3. The molecule has 1 N–H and O–H groups in total. The predicted octanol–water partition coefficient (Wildman–Crippen LogP) is 5.49. The minimum absolute atomic E-state index is 0. The molecule has 0 saturated heterocycles. The first kappa shape index (κ1) is 33.1. The minimum Gasteiger partial charge on any atom is -0.872 e. The Morgan fingerprint density at radius 3 is 2.00 bits per heavy atom. The number of halogens is 1. The molecular weight excluding hydrogens is 484 g/mol. The van der Waals surface area contributed by atoms with Crippen molar-refractivity contribution in [2.75, 3.05) is 53.4 Å². The Morgan fingerprint density at radius 1 is 0.811 bits per heavy atom. The van der Waals surface area contributed by atoms with E-state index < -0.39 is 0 Å². The van der Waals surface area contributed by atoms with E-state index in [9.17, 15) is 15.0 Å². The van der Waals surface area contributed by atoms with Crippen molar-refractivity contribution in [2.24, 2.45) is 0 Å². The van der Waals surface area contributed by atoms with E-state index >= 15 is 0 Å². The van der Waals surface area contributed by atoms with E-state index in [-0.39, 0.29) is 30.5 Å². The Labute approximate surface area is 231 Å². The lowest BCUT2D eigenvalue weighted by molar-refractivity contribution is -0.902. The summed E-state index contributed by atoms with van der Waals surface area (Å²) in [6.45, 7) is 4.16. The smallest absolute Gasteiger partial charge is 0.216 e. The predicted molar refractivity (Wildman–Crippen MR) is 155 cm³/mol. The Kier molecular flexibility index (Phi) is 17.2. The van der Waals surface area contributed by atoms with Crippen molar-refractivity contribution in [2.45, 2.75) is 64.2 Å². The topological polar surface area (TPSA) is 63.6 Å². The van der Waals surface area contributed by atoms with Crippen molar-refractivity contribution in [1.29, 1.82) is 0 Å². The molecule has 1 atom stereocenters. The molecule has 0 radical (unpaired) electrons. The molecular formula is C31H49ClN2O3. The molecule has 0 aromatic heterocycles. The van der Waals surface area contributed by atoms with Crippen LogP contribution < -0.4 is 5.11 Å². The van der Waals surface area contributed by atoms with Crippen LogP contribution in [0.5, 0.6) is 5.75 Å². The fourth-order valence-corrected chi connectivity index (χ4v) is 4.82. The van der Waals surface area contributed by atoms with E-state index in [4.69, 9.17) is 0 Å². The molecule has 0 aliphatic heterocycles. The number of quaternary nitrogens is 1. The van der Waals surface area contributed by atoms with Gasteiger partial charge in [0, 0.05) is 12.1 Å². The van der Waals surface area contributed by atoms with Crippen molar-refractivity contribution in [3.63, 3.8) is 0 Å². The Hall–Kier alpha value is -1.92. The standard InChI is InChI=1S/C31H48N2O3.ClH/c1-32(23-21-29-19-13-14-20-30(29)35)22-15-8-6-4-3-5-7-9-16-24-33(2,25-26-34)27-31(36)28-17-11-10-12-18-28;/h10-14,17-20,34H,3-9,15-16,21-27H2,1-2H3;1H. The van der Waals surface area contributed by atoms with Gasteiger partial charge in [0.25, 0.3) is 0 Å². The zero-order chi connectivity index (χ0) is 26.1. The summed E-state index contributed by atoms with van der Waals surface area (Å²) in [6.07, 6.45) is 12.0. The summed E-state index contributed by atoms with van der Waals surface area (Å²) in [4.78, 5) is 15.0. The zero-order valence-corrected chi connectivity index (χ0v) is 23.9. The van der Waals surface area contributed by atoms with Crippen LogP contribution in [-0.4, -0.2) is 73.7 Å². The molecule has 0 bridgehead atoms. The normalized spacial score (nSPS) is 12.8. The lowest BCUT2D eigenvalue weighted by atomic mass is 10.1. The highest BCUT2D eigenvalue weighted by Crippen LogP contribution is 2.15. The van der Waals surface area contributed by atoms with Gasteiger partial charge in [-0.25, -0.2) is 0 Å². The second-order valence-electron chi connectivity index (χ2n) is 10.6. The molecule has 2 aromatic rings. The van der Waals surface area contributed by atoms with Crippen LogP contribution in [0.15, 0.2) is 54.6 Å². The summed E-state index contributed by atoms with van der Waals surface area (Å²) >= 11 is 0. The molecule has 208 valence electrons. The van der Waals surface area contributed by atoms with Crippen molar-refractivity contribution in [1.82, 2.24) is 4.90 Å². The third-order valence-corrected chi connectivity index (χ3v) is 7.23. The van der Waals surface area contributed by atoms with Gasteiger partial charge in [0.1, 0.15) is 13.1 Å². The number of carbonyl (C=O) groups is 1. The quantitative estimate of drug-likeness (QED) is 0.139. The minimum atomic E-state index is 0. The molecule has 37 heavy (non-hydrogen) atoms. The van der Waals surface area contributed by atoms with Crippen molar-refractivity contribution in [3.8, 4) is 5.75 Å². The third-order valence-electron chi connectivity index (χ3n) is 7.23. The summed E-state index contributed by atoms with van der Waals surface area (Å²) in [7, 11) is 4.24. The molecule has 5 nitrogen and oxygen atoms in total. The van der Waals surface area contributed by atoms with Gasteiger partial charge < -0.3 is 19.6 Å². The second kappa shape index (κ2) is 19.2. The summed E-state index contributed by atoms with van der Waals surface area (Å²) < 4.78 is 0.613. The van der Waals surface area contributed by atoms with Gasteiger partial charge in [0.05, 0.1) is 20.2 Å². The van der Waals surface area contributed by atoms with E-state index in [1.165, 1.54) is 51.4 Å². The number of ketones is 1. The molecule has 6 heteroatoms. The molecule has 1 unspecified atom stereocenters. The SMILES string of the molecule is CN(CCCCCCCCCCC[N+](C)(CCO)CC(=O)c1ccccc1)CCc1ccccc1[O-].Cl. The van der Waals surface area contributed by atoms with Crippen LogP contribution in [0.3, 0.4) is 0 Å². The van der Waals surface area contributed by atoms with Gasteiger partial charge in [-0.15, -0.1) is 18.2 Å². The van der Waals surface area contributed by atoms with E-state index in [0.29, 0.717) is 17.6 Å². The molecule has 0 spiro atoms. The van der Waals surface area contributed by atoms with E-state index in [0.717, 1.165) is 43.6 Å². The number of benzene rings is 2. The average Bonchev–Trinajstić information content (AvgIpc) is 2.87. The number of hydrogen-bond acceptors (Lipinski definition) is 4. The number of nitrogens with zero attached hydrogens (tertiary/aromatic N) is 2. The van der Waals surface area contributed by atoms with E-state index in [1.807, 2.05) is 42.5 Å². The van der Waals surface area contributed by atoms with Crippen LogP contribution >= 0.6 is 12.4 Å².